The highest BCUT2D eigenvalue weighted by Gasteiger charge is 2.20. The molecule has 0 spiro atoms. The number of hydrogen-bond donors (Lipinski definition) is 2. The standard InChI is InChI=1S/C13H15BrN2O3S2/c1-2-19-11-5-3-9(15)7-12(11)21(17,18)16-8-10-4-6-13(14)20-10/h3-7,16H,2,8,15H2,1H3. The molecule has 2 aromatic rings. The highest BCUT2D eigenvalue weighted by atomic mass is 79.9. The number of hydrogen-bond acceptors (Lipinski definition) is 5. The van der Waals surface area contributed by atoms with Crippen molar-refractivity contribution in [2.75, 3.05) is 12.3 Å². The van der Waals surface area contributed by atoms with Crippen LogP contribution >= 0.6 is 27.3 Å². The molecule has 0 aliphatic carbocycles. The van der Waals surface area contributed by atoms with Crippen molar-refractivity contribution in [3.63, 3.8) is 0 Å². The van der Waals surface area contributed by atoms with Gasteiger partial charge in [-0.05, 0) is 53.2 Å². The molecule has 114 valence electrons. The second-order valence-electron chi connectivity index (χ2n) is 4.17. The minimum atomic E-state index is -3.69. The van der Waals surface area contributed by atoms with Crippen LogP contribution in [-0.4, -0.2) is 15.0 Å². The smallest absolute Gasteiger partial charge is 0.244 e. The number of nitrogens with two attached hydrogens (primary N) is 1. The molecular weight excluding hydrogens is 376 g/mol. The first-order valence-corrected chi connectivity index (χ1v) is 9.28. The second kappa shape index (κ2) is 6.78. The summed E-state index contributed by atoms with van der Waals surface area (Å²) in [7, 11) is -3.69. The summed E-state index contributed by atoms with van der Waals surface area (Å²) in [5, 5.41) is 0. The average Bonchev–Trinajstić information content (AvgIpc) is 2.85. The van der Waals surface area contributed by atoms with Crippen molar-refractivity contribution < 1.29 is 13.2 Å². The number of benzene rings is 1. The lowest BCUT2D eigenvalue weighted by atomic mass is 10.3. The number of rotatable bonds is 6. The Morgan fingerprint density at radius 3 is 2.71 bits per heavy atom. The molecule has 1 aromatic carbocycles. The van der Waals surface area contributed by atoms with Gasteiger partial charge in [-0.2, -0.15) is 0 Å². The van der Waals surface area contributed by atoms with Crippen LogP contribution in [0, 0.1) is 0 Å². The monoisotopic (exact) mass is 390 g/mol. The highest BCUT2D eigenvalue weighted by molar-refractivity contribution is 9.11. The van der Waals surface area contributed by atoms with Crippen molar-refractivity contribution in [3.8, 4) is 5.75 Å². The molecule has 0 fully saturated rings. The van der Waals surface area contributed by atoms with Crippen LogP contribution in [0.1, 0.15) is 11.8 Å². The maximum Gasteiger partial charge on any atom is 0.244 e. The van der Waals surface area contributed by atoms with E-state index in [-0.39, 0.29) is 11.4 Å². The van der Waals surface area contributed by atoms with E-state index in [1.54, 1.807) is 19.1 Å². The van der Waals surface area contributed by atoms with E-state index in [0.29, 0.717) is 18.0 Å². The zero-order chi connectivity index (χ0) is 15.5. The largest absolute Gasteiger partial charge is 0.492 e. The summed E-state index contributed by atoms with van der Waals surface area (Å²) in [5.74, 6) is 0.298. The quantitative estimate of drug-likeness (QED) is 0.742. The third-order valence-corrected chi connectivity index (χ3v) is 5.67. The topological polar surface area (TPSA) is 81.4 Å². The molecule has 0 radical (unpaired) electrons. The van der Waals surface area contributed by atoms with Gasteiger partial charge in [-0.3, -0.25) is 0 Å². The first kappa shape index (κ1) is 16.3. The van der Waals surface area contributed by atoms with Gasteiger partial charge in [-0.25, -0.2) is 13.1 Å². The Kier molecular flexibility index (Phi) is 5.26. The summed E-state index contributed by atoms with van der Waals surface area (Å²) in [5.41, 5.74) is 6.05. The second-order valence-corrected chi connectivity index (χ2v) is 8.45. The Bertz CT molecular complexity index is 729. The van der Waals surface area contributed by atoms with Crippen molar-refractivity contribution in [1.29, 1.82) is 0 Å². The summed E-state index contributed by atoms with van der Waals surface area (Å²) in [6.45, 7) is 2.40. The molecule has 0 aliphatic heterocycles. The van der Waals surface area contributed by atoms with Crippen molar-refractivity contribution in [2.45, 2.75) is 18.4 Å². The molecule has 5 nitrogen and oxygen atoms in total. The summed E-state index contributed by atoms with van der Waals surface area (Å²) in [4.78, 5) is 0.965. The SMILES string of the molecule is CCOc1ccc(N)cc1S(=O)(=O)NCc1ccc(Br)s1. The van der Waals surface area contributed by atoms with Gasteiger partial charge in [0.05, 0.1) is 10.4 Å². The predicted octanol–water partition coefficient (Wildman–Crippen LogP) is 2.97. The van der Waals surface area contributed by atoms with Crippen LogP contribution in [0.15, 0.2) is 39.0 Å². The third kappa shape index (κ3) is 4.19. The Labute approximate surface area is 136 Å². The fourth-order valence-electron chi connectivity index (χ4n) is 1.70. The molecule has 0 atom stereocenters. The molecule has 8 heteroatoms. The van der Waals surface area contributed by atoms with Crippen molar-refractivity contribution in [1.82, 2.24) is 4.72 Å². The van der Waals surface area contributed by atoms with Gasteiger partial charge < -0.3 is 10.5 Å². The van der Waals surface area contributed by atoms with Crippen LogP contribution in [0.5, 0.6) is 5.75 Å². The number of halogens is 1. The molecule has 1 heterocycles. The molecule has 2 rings (SSSR count). The number of nitrogen functional groups attached to an aromatic ring is 1. The molecule has 21 heavy (non-hydrogen) atoms. The van der Waals surface area contributed by atoms with E-state index in [4.69, 9.17) is 10.5 Å². The van der Waals surface area contributed by atoms with Crippen LogP contribution in [0.25, 0.3) is 0 Å². The maximum atomic E-state index is 12.4. The Morgan fingerprint density at radius 2 is 2.10 bits per heavy atom. The minimum absolute atomic E-state index is 0.0555. The van der Waals surface area contributed by atoms with E-state index in [1.807, 2.05) is 12.1 Å². The summed E-state index contributed by atoms with van der Waals surface area (Å²) < 4.78 is 33.7. The van der Waals surface area contributed by atoms with Gasteiger partial charge in [0.1, 0.15) is 10.6 Å². The fourth-order valence-corrected chi connectivity index (χ4v) is 4.40. The molecule has 0 amide bonds. The van der Waals surface area contributed by atoms with Crippen molar-refractivity contribution in [3.05, 3.63) is 39.0 Å². The van der Waals surface area contributed by atoms with E-state index in [0.717, 1.165) is 8.66 Å². The van der Waals surface area contributed by atoms with Crippen molar-refractivity contribution >= 4 is 43.0 Å². The van der Waals surface area contributed by atoms with Gasteiger partial charge in [0.2, 0.25) is 10.0 Å². The molecule has 1 aromatic heterocycles. The molecule has 0 bridgehead atoms. The normalized spacial score (nSPS) is 11.5. The Hall–Kier alpha value is -1.09. The summed E-state index contributed by atoms with van der Waals surface area (Å²) >= 11 is 4.82. The molecular formula is C13H15BrN2O3S2. The van der Waals surface area contributed by atoms with E-state index in [9.17, 15) is 8.42 Å². The van der Waals surface area contributed by atoms with Gasteiger partial charge in [-0.1, -0.05) is 0 Å². The number of ether oxygens (including phenoxy) is 1. The van der Waals surface area contributed by atoms with Gasteiger partial charge in [-0.15, -0.1) is 11.3 Å². The van der Waals surface area contributed by atoms with Crippen LogP contribution in [0.2, 0.25) is 0 Å². The zero-order valence-electron chi connectivity index (χ0n) is 11.3. The van der Waals surface area contributed by atoms with Crippen molar-refractivity contribution in [2.24, 2.45) is 0 Å². The zero-order valence-corrected chi connectivity index (χ0v) is 14.5. The fraction of sp³-hybridized carbons (Fsp3) is 0.231. The predicted molar refractivity (Wildman–Crippen MR) is 88.1 cm³/mol. The van der Waals surface area contributed by atoms with Crippen LogP contribution < -0.4 is 15.2 Å². The molecule has 0 saturated heterocycles. The molecule has 0 saturated carbocycles. The number of nitrogens with one attached hydrogen (secondary N) is 1. The summed E-state index contributed by atoms with van der Waals surface area (Å²) in [6, 6.07) is 8.31. The van der Waals surface area contributed by atoms with Gasteiger partial charge >= 0.3 is 0 Å². The Morgan fingerprint density at radius 1 is 1.33 bits per heavy atom. The lowest BCUT2D eigenvalue weighted by Crippen LogP contribution is -2.23. The lowest BCUT2D eigenvalue weighted by Gasteiger charge is -2.12. The minimum Gasteiger partial charge on any atom is -0.492 e. The lowest BCUT2D eigenvalue weighted by molar-refractivity contribution is 0.331. The first-order valence-electron chi connectivity index (χ1n) is 6.18. The van der Waals surface area contributed by atoms with Gasteiger partial charge in [0.25, 0.3) is 0 Å². The Balaban J connectivity index is 2.24. The molecule has 0 unspecified atom stereocenters. The third-order valence-electron chi connectivity index (χ3n) is 2.62. The van der Waals surface area contributed by atoms with E-state index in [1.165, 1.54) is 17.4 Å². The number of thiophene rings is 1. The van der Waals surface area contributed by atoms with Crippen LogP contribution in [0.3, 0.4) is 0 Å². The van der Waals surface area contributed by atoms with Crippen LogP contribution in [0.4, 0.5) is 5.69 Å². The van der Waals surface area contributed by atoms with Gasteiger partial charge in [0, 0.05) is 17.1 Å². The van der Waals surface area contributed by atoms with E-state index in [2.05, 4.69) is 20.7 Å². The maximum absolute atomic E-state index is 12.4. The van der Waals surface area contributed by atoms with E-state index >= 15 is 0 Å². The molecule has 0 aliphatic rings. The highest BCUT2D eigenvalue weighted by Crippen LogP contribution is 2.27. The number of sulfonamides is 1. The van der Waals surface area contributed by atoms with E-state index < -0.39 is 10.0 Å². The first-order chi connectivity index (χ1) is 9.92. The van der Waals surface area contributed by atoms with Crippen LogP contribution in [-0.2, 0) is 16.6 Å². The van der Waals surface area contributed by atoms with Gasteiger partial charge in [0.15, 0.2) is 0 Å². The molecule has 3 N–H and O–H groups in total. The average molecular weight is 391 g/mol. The summed E-state index contributed by atoms with van der Waals surface area (Å²) in [6.07, 6.45) is 0. The number of anilines is 1.